The third-order valence-corrected chi connectivity index (χ3v) is 3.97. The van der Waals surface area contributed by atoms with Gasteiger partial charge in [0.05, 0.1) is 12.8 Å². The molecule has 0 atom stereocenters. The molecule has 0 spiro atoms. The molecule has 1 amide bonds. The molecule has 6 heteroatoms. The monoisotopic (exact) mass is 345 g/mol. The highest BCUT2D eigenvalue weighted by Crippen LogP contribution is 2.33. The summed E-state index contributed by atoms with van der Waals surface area (Å²) in [6.45, 7) is 2.08. The number of carbonyl (C=O) groups excluding carboxylic acids is 1. The van der Waals surface area contributed by atoms with Gasteiger partial charge in [-0.05, 0) is 42.3 Å². The van der Waals surface area contributed by atoms with Crippen molar-refractivity contribution in [1.82, 2.24) is 0 Å². The maximum Gasteiger partial charge on any atom is 0.248 e. The van der Waals surface area contributed by atoms with Crippen molar-refractivity contribution in [3.8, 4) is 17.2 Å². The fraction of sp³-hybridized carbons (Fsp3) is 0.167. The molecule has 1 aliphatic rings. The van der Waals surface area contributed by atoms with Gasteiger partial charge in [-0.1, -0.05) is 17.7 Å². The minimum atomic E-state index is -0.271. The maximum atomic E-state index is 12.1. The molecular formula is C18H16ClNO4. The molecule has 0 bridgehead atoms. The van der Waals surface area contributed by atoms with Gasteiger partial charge < -0.3 is 19.5 Å². The van der Waals surface area contributed by atoms with Gasteiger partial charge in [0.1, 0.15) is 5.75 Å². The lowest BCUT2D eigenvalue weighted by atomic mass is 10.2. The van der Waals surface area contributed by atoms with E-state index in [1.807, 2.05) is 25.1 Å². The van der Waals surface area contributed by atoms with Crippen molar-refractivity contribution in [3.63, 3.8) is 0 Å². The van der Waals surface area contributed by atoms with Crippen molar-refractivity contribution in [3.05, 3.63) is 52.6 Å². The van der Waals surface area contributed by atoms with Crippen LogP contribution in [-0.4, -0.2) is 19.8 Å². The Morgan fingerprint density at radius 1 is 1.25 bits per heavy atom. The molecule has 0 unspecified atom stereocenters. The first-order chi connectivity index (χ1) is 11.6. The average molecular weight is 346 g/mol. The minimum absolute atomic E-state index is 0.221. The molecular weight excluding hydrogens is 330 g/mol. The molecule has 5 nitrogen and oxygen atoms in total. The van der Waals surface area contributed by atoms with Gasteiger partial charge in [-0.25, -0.2) is 0 Å². The van der Waals surface area contributed by atoms with Gasteiger partial charge in [-0.3, -0.25) is 4.79 Å². The van der Waals surface area contributed by atoms with Crippen LogP contribution in [0.3, 0.4) is 0 Å². The number of amides is 1. The number of hydrogen-bond donors (Lipinski definition) is 1. The highest BCUT2D eigenvalue weighted by molar-refractivity contribution is 6.31. The number of aryl methyl sites for hydroxylation is 1. The standard InChI is InChI=1S/C18H16ClNO4/c1-11-7-14(16(22-2)9-13(11)19)20-18(21)6-4-12-3-5-15-17(8-12)24-10-23-15/h3-9H,10H2,1-2H3,(H,20,21)/b6-4+. The van der Waals surface area contributed by atoms with E-state index in [9.17, 15) is 4.79 Å². The quantitative estimate of drug-likeness (QED) is 0.850. The summed E-state index contributed by atoms with van der Waals surface area (Å²) in [5.41, 5.74) is 2.26. The third-order valence-electron chi connectivity index (χ3n) is 3.56. The highest BCUT2D eigenvalue weighted by Gasteiger charge is 2.12. The van der Waals surface area contributed by atoms with E-state index < -0.39 is 0 Å². The first-order valence-corrected chi connectivity index (χ1v) is 7.67. The lowest BCUT2D eigenvalue weighted by Crippen LogP contribution is -2.09. The summed E-state index contributed by atoms with van der Waals surface area (Å²) in [4.78, 5) is 12.1. The van der Waals surface area contributed by atoms with E-state index in [0.717, 1.165) is 11.1 Å². The van der Waals surface area contributed by atoms with Crippen LogP contribution in [0.25, 0.3) is 6.08 Å². The van der Waals surface area contributed by atoms with E-state index in [-0.39, 0.29) is 12.7 Å². The molecule has 0 saturated carbocycles. The predicted molar refractivity (Wildman–Crippen MR) is 93.0 cm³/mol. The van der Waals surface area contributed by atoms with Gasteiger partial charge in [0, 0.05) is 17.2 Å². The van der Waals surface area contributed by atoms with Crippen LogP contribution in [0, 0.1) is 6.92 Å². The number of rotatable bonds is 4. The van der Waals surface area contributed by atoms with Crippen molar-refractivity contribution in [2.75, 3.05) is 19.2 Å². The summed E-state index contributed by atoms with van der Waals surface area (Å²) in [5.74, 6) is 1.62. The van der Waals surface area contributed by atoms with E-state index in [1.54, 1.807) is 18.2 Å². The number of benzene rings is 2. The van der Waals surface area contributed by atoms with E-state index in [4.69, 9.17) is 25.8 Å². The molecule has 0 saturated heterocycles. The SMILES string of the molecule is COc1cc(Cl)c(C)cc1NC(=O)/C=C/c1ccc2c(c1)OCO2. The average Bonchev–Trinajstić information content (AvgIpc) is 3.03. The van der Waals surface area contributed by atoms with Crippen LogP contribution in [0.2, 0.25) is 5.02 Å². The molecule has 24 heavy (non-hydrogen) atoms. The van der Waals surface area contributed by atoms with E-state index in [2.05, 4.69) is 5.32 Å². The molecule has 0 aliphatic carbocycles. The van der Waals surface area contributed by atoms with Crippen molar-refractivity contribution >= 4 is 29.3 Å². The van der Waals surface area contributed by atoms with Crippen LogP contribution in [0.5, 0.6) is 17.2 Å². The first-order valence-electron chi connectivity index (χ1n) is 7.29. The molecule has 1 aliphatic heterocycles. The minimum Gasteiger partial charge on any atom is -0.495 e. The Morgan fingerprint density at radius 3 is 2.83 bits per heavy atom. The Kier molecular flexibility index (Phi) is 4.62. The lowest BCUT2D eigenvalue weighted by Gasteiger charge is -2.11. The third kappa shape index (κ3) is 3.46. The van der Waals surface area contributed by atoms with Gasteiger partial charge in [-0.15, -0.1) is 0 Å². The zero-order valence-electron chi connectivity index (χ0n) is 13.3. The Balaban J connectivity index is 1.73. The van der Waals surface area contributed by atoms with Gasteiger partial charge in [0.25, 0.3) is 0 Å². The Labute approximate surface area is 144 Å². The molecule has 3 rings (SSSR count). The summed E-state index contributed by atoms with van der Waals surface area (Å²) >= 11 is 6.06. The highest BCUT2D eigenvalue weighted by atomic mass is 35.5. The van der Waals surface area contributed by atoms with Crippen LogP contribution in [0.1, 0.15) is 11.1 Å². The predicted octanol–water partition coefficient (Wildman–Crippen LogP) is 4.04. The molecule has 0 aromatic heterocycles. The van der Waals surface area contributed by atoms with E-state index in [0.29, 0.717) is 28.0 Å². The Morgan fingerprint density at radius 2 is 2.04 bits per heavy atom. The van der Waals surface area contributed by atoms with Gasteiger partial charge in [-0.2, -0.15) is 0 Å². The second-order valence-electron chi connectivity index (χ2n) is 5.24. The van der Waals surface area contributed by atoms with Gasteiger partial charge >= 0.3 is 0 Å². The molecule has 1 N–H and O–H groups in total. The Hall–Kier alpha value is -2.66. The summed E-state index contributed by atoms with van der Waals surface area (Å²) < 4.78 is 15.8. The van der Waals surface area contributed by atoms with Gasteiger partial charge in [0.15, 0.2) is 11.5 Å². The number of methoxy groups -OCH3 is 1. The number of anilines is 1. The molecule has 2 aromatic rings. The van der Waals surface area contributed by atoms with Crippen LogP contribution < -0.4 is 19.5 Å². The summed E-state index contributed by atoms with van der Waals surface area (Å²) in [7, 11) is 1.53. The molecule has 1 heterocycles. The maximum absolute atomic E-state index is 12.1. The summed E-state index contributed by atoms with van der Waals surface area (Å²) in [6, 6.07) is 8.93. The zero-order valence-corrected chi connectivity index (χ0v) is 14.0. The second-order valence-corrected chi connectivity index (χ2v) is 5.64. The number of halogens is 1. The topological polar surface area (TPSA) is 56.8 Å². The van der Waals surface area contributed by atoms with Crippen molar-refractivity contribution in [1.29, 1.82) is 0 Å². The molecule has 0 radical (unpaired) electrons. The summed E-state index contributed by atoms with van der Waals surface area (Å²) in [5, 5.41) is 3.37. The van der Waals surface area contributed by atoms with Crippen LogP contribution in [-0.2, 0) is 4.79 Å². The smallest absolute Gasteiger partial charge is 0.248 e. The van der Waals surface area contributed by atoms with Crippen LogP contribution in [0.15, 0.2) is 36.4 Å². The van der Waals surface area contributed by atoms with Crippen molar-refractivity contribution in [2.24, 2.45) is 0 Å². The second kappa shape index (κ2) is 6.84. The summed E-state index contributed by atoms with van der Waals surface area (Å²) in [6.07, 6.45) is 3.15. The van der Waals surface area contributed by atoms with E-state index >= 15 is 0 Å². The normalized spacial score (nSPS) is 12.5. The van der Waals surface area contributed by atoms with E-state index in [1.165, 1.54) is 13.2 Å². The molecule has 0 fully saturated rings. The molecule has 2 aromatic carbocycles. The fourth-order valence-electron chi connectivity index (χ4n) is 2.29. The zero-order chi connectivity index (χ0) is 17.1. The van der Waals surface area contributed by atoms with Crippen LogP contribution in [0.4, 0.5) is 5.69 Å². The number of fused-ring (bicyclic) bond motifs is 1. The number of ether oxygens (including phenoxy) is 3. The fourth-order valence-corrected chi connectivity index (χ4v) is 2.45. The number of hydrogen-bond acceptors (Lipinski definition) is 4. The number of carbonyl (C=O) groups is 1. The lowest BCUT2D eigenvalue weighted by molar-refractivity contribution is -0.111. The largest absolute Gasteiger partial charge is 0.495 e. The van der Waals surface area contributed by atoms with Gasteiger partial charge in [0.2, 0.25) is 12.7 Å². The van der Waals surface area contributed by atoms with Crippen molar-refractivity contribution in [2.45, 2.75) is 6.92 Å². The molecule has 124 valence electrons. The van der Waals surface area contributed by atoms with Crippen molar-refractivity contribution < 1.29 is 19.0 Å². The van der Waals surface area contributed by atoms with Crippen LogP contribution >= 0.6 is 11.6 Å². The number of nitrogens with one attached hydrogen (secondary N) is 1. The Bertz CT molecular complexity index is 817. The first kappa shape index (κ1) is 16.2.